The van der Waals surface area contributed by atoms with Gasteiger partial charge in [-0.15, -0.1) is 0 Å². The molecule has 2 fully saturated rings. The zero-order valence-electron chi connectivity index (χ0n) is 12.9. The summed E-state index contributed by atoms with van der Waals surface area (Å²) in [6, 6.07) is 1.45. The molecule has 3 unspecified atom stereocenters. The molecule has 0 radical (unpaired) electrons. The Morgan fingerprint density at radius 3 is 2.74 bits per heavy atom. The van der Waals surface area contributed by atoms with Gasteiger partial charge in [0, 0.05) is 25.7 Å². The first-order chi connectivity index (χ1) is 9.35. The largest absolute Gasteiger partial charge is 0.380 e. The summed E-state index contributed by atoms with van der Waals surface area (Å²) in [4.78, 5) is 2.72. The van der Waals surface area contributed by atoms with Crippen LogP contribution in [0.25, 0.3) is 0 Å². The van der Waals surface area contributed by atoms with Gasteiger partial charge in [0.1, 0.15) is 0 Å². The Kier molecular flexibility index (Phi) is 6.62. The van der Waals surface area contributed by atoms with Crippen LogP contribution in [-0.4, -0.2) is 49.8 Å². The first kappa shape index (κ1) is 15.3. The van der Waals surface area contributed by atoms with Crippen LogP contribution in [0.3, 0.4) is 0 Å². The molecule has 0 aromatic heterocycles. The van der Waals surface area contributed by atoms with Crippen LogP contribution in [0.5, 0.6) is 0 Å². The van der Waals surface area contributed by atoms with Gasteiger partial charge in [0.05, 0.1) is 6.10 Å². The summed E-state index contributed by atoms with van der Waals surface area (Å²) in [5, 5.41) is 3.81. The normalized spacial score (nSPS) is 34.1. The van der Waals surface area contributed by atoms with Crippen LogP contribution >= 0.6 is 0 Å². The highest BCUT2D eigenvalue weighted by Crippen LogP contribution is 2.26. The van der Waals surface area contributed by atoms with E-state index < -0.39 is 0 Å². The van der Waals surface area contributed by atoms with Crippen molar-refractivity contribution in [1.82, 2.24) is 10.2 Å². The number of hydrogen-bond donors (Lipinski definition) is 1. The Labute approximate surface area is 119 Å². The van der Waals surface area contributed by atoms with Gasteiger partial charge in [0.15, 0.2) is 0 Å². The molecular weight excluding hydrogens is 236 g/mol. The maximum absolute atomic E-state index is 5.60. The summed E-state index contributed by atoms with van der Waals surface area (Å²) in [6.07, 6.45) is 11.2. The number of likely N-dealkylation sites (tertiary alicyclic amines) is 1. The smallest absolute Gasteiger partial charge is 0.0698 e. The number of methoxy groups -OCH3 is 1. The fourth-order valence-corrected chi connectivity index (χ4v) is 3.75. The van der Waals surface area contributed by atoms with Crippen molar-refractivity contribution in [2.75, 3.05) is 26.7 Å². The van der Waals surface area contributed by atoms with Crippen molar-refractivity contribution in [1.29, 1.82) is 0 Å². The van der Waals surface area contributed by atoms with E-state index in [9.17, 15) is 0 Å². The van der Waals surface area contributed by atoms with Crippen molar-refractivity contribution in [3.8, 4) is 0 Å². The standard InChI is InChI=1S/C16H32N2O/c1-3-11-17-15-9-5-4-6-10-16(15)18-12-7-8-14(13-18)19-2/h14-17H,3-13H2,1-2H3. The van der Waals surface area contributed by atoms with E-state index in [1.165, 1.54) is 64.5 Å². The van der Waals surface area contributed by atoms with Crippen LogP contribution in [0.2, 0.25) is 0 Å². The fourth-order valence-electron chi connectivity index (χ4n) is 3.75. The molecule has 2 aliphatic rings. The Morgan fingerprint density at radius 1 is 1.11 bits per heavy atom. The molecule has 1 aliphatic heterocycles. The lowest BCUT2D eigenvalue weighted by Crippen LogP contribution is -2.53. The fraction of sp³-hybridized carbons (Fsp3) is 1.00. The van der Waals surface area contributed by atoms with Crippen molar-refractivity contribution in [2.45, 2.75) is 76.5 Å². The Morgan fingerprint density at radius 2 is 1.95 bits per heavy atom. The number of hydrogen-bond acceptors (Lipinski definition) is 3. The quantitative estimate of drug-likeness (QED) is 0.776. The molecule has 1 heterocycles. The van der Waals surface area contributed by atoms with Crippen molar-refractivity contribution in [2.24, 2.45) is 0 Å². The summed E-state index contributed by atoms with van der Waals surface area (Å²) < 4.78 is 5.60. The zero-order valence-corrected chi connectivity index (χ0v) is 12.9. The number of nitrogens with one attached hydrogen (secondary N) is 1. The lowest BCUT2D eigenvalue weighted by atomic mass is 9.97. The van der Waals surface area contributed by atoms with E-state index in [2.05, 4.69) is 17.1 Å². The minimum absolute atomic E-state index is 0.462. The Hall–Kier alpha value is -0.120. The lowest BCUT2D eigenvalue weighted by Gasteiger charge is -2.41. The van der Waals surface area contributed by atoms with E-state index in [4.69, 9.17) is 4.74 Å². The van der Waals surface area contributed by atoms with Crippen LogP contribution in [0.1, 0.15) is 58.3 Å². The molecule has 0 aromatic rings. The minimum atomic E-state index is 0.462. The molecule has 0 amide bonds. The Bertz CT molecular complexity index is 247. The molecule has 1 N–H and O–H groups in total. The number of nitrogens with zero attached hydrogens (tertiary/aromatic N) is 1. The zero-order chi connectivity index (χ0) is 13.5. The SMILES string of the molecule is CCCNC1CCCCCC1N1CCCC(OC)C1. The molecule has 19 heavy (non-hydrogen) atoms. The first-order valence-electron chi connectivity index (χ1n) is 8.35. The second-order valence-corrected chi connectivity index (χ2v) is 6.26. The number of piperidine rings is 1. The van der Waals surface area contributed by atoms with E-state index in [1.807, 2.05) is 7.11 Å². The summed E-state index contributed by atoms with van der Waals surface area (Å²) in [7, 11) is 1.87. The number of rotatable bonds is 5. The molecule has 0 bridgehead atoms. The highest BCUT2D eigenvalue weighted by molar-refractivity contribution is 4.89. The summed E-state index contributed by atoms with van der Waals surface area (Å²) >= 11 is 0. The third kappa shape index (κ3) is 4.44. The average Bonchev–Trinajstić information content (AvgIpc) is 2.70. The van der Waals surface area contributed by atoms with E-state index in [1.54, 1.807) is 0 Å². The van der Waals surface area contributed by atoms with Crippen molar-refractivity contribution >= 4 is 0 Å². The second kappa shape index (κ2) is 8.23. The van der Waals surface area contributed by atoms with Gasteiger partial charge in [-0.3, -0.25) is 4.90 Å². The summed E-state index contributed by atoms with van der Waals surface area (Å²) in [6.45, 7) is 5.85. The van der Waals surface area contributed by atoms with E-state index in [0.717, 1.165) is 12.6 Å². The van der Waals surface area contributed by atoms with E-state index in [0.29, 0.717) is 12.1 Å². The van der Waals surface area contributed by atoms with E-state index >= 15 is 0 Å². The first-order valence-corrected chi connectivity index (χ1v) is 8.35. The predicted octanol–water partition coefficient (Wildman–Crippen LogP) is 2.80. The van der Waals surface area contributed by atoms with Gasteiger partial charge in [-0.2, -0.15) is 0 Å². The van der Waals surface area contributed by atoms with Crippen molar-refractivity contribution < 1.29 is 4.74 Å². The average molecular weight is 268 g/mol. The Balaban J connectivity index is 1.95. The molecule has 0 spiro atoms. The highest BCUT2D eigenvalue weighted by atomic mass is 16.5. The second-order valence-electron chi connectivity index (χ2n) is 6.26. The van der Waals surface area contributed by atoms with Gasteiger partial charge in [-0.1, -0.05) is 26.2 Å². The third-order valence-electron chi connectivity index (χ3n) is 4.85. The van der Waals surface area contributed by atoms with Crippen LogP contribution in [-0.2, 0) is 4.74 Å². The van der Waals surface area contributed by atoms with E-state index in [-0.39, 0.29) is 0 Å². The molecule has 3 nitrogen and oxygen atoms in total. The molecule has 3 heteroatoms. The highest BCUT2D eigenvalue weighted by Gasteiger charge is 2.31. The third-order valence-corrected chi connectivity index (χ3v) is 4.85. The monoisotopic (exact) mass is 268 g/mol. The molecule has 1 aliphatic carbocycles. The molecule has 1 saturated heterocycles. The molecule has 1 saturated carbocycles. The van der Waals surface area contributed by atoms with Gasteiger partial charge in [-0.05, 0) is 45.2 Å². The summed E-state index contributed by atoms with van der Waals surface area (Å²) in [5.74, 6) is 0. The van der Waals surface area contributed by atoms with Gasteiger partial charge in [0.25, 0.3) is 0 Å². The van der Waals surface area contributed by atoms with Gasteiger partial charge in [-0.25, -0.2) is 0 Å². The van der Waals surface area contributed by atoms with Crippen molar-refractivity contribution in [3.63, 3.8) is 0 Å². The maximum atomic E-state index is 5.60. The van der Waals surface area contributed by atoms with Gasteiger partial charge in [0.2, 0.25) is 0 Å². The number of ether oxygens (including phenoxy) is 1. The van der Waals surface area contributed by atoms with Crippen LogP contribution in [0, 0.1) is 0 Å². The predicted molar refractivity (Wildman–Crippen MR) is 80.6 cm³/mol. The van der Waals surface area contributed by atoms with Crippen LogP contribution in [0.4, 0.5) is 0 Å². The topological polar surface area (TPSA) is 24.5 Å². The molecule has 2 rings (SSSR count). The molecule has 112 valence electrons. The minimum Gasteiger partial charge on any atom is -0.380 e. The summed E-state index contributed by atoms with van der Waals surface area (Å²) in [5.41, 5.74) is 0. The van der Waals surface area contributed by atoms with Crippen LogP contribution < -0.4 is 5.32 Å². The molecular formula is C16H32N2O. The van der Waals surface area contributed by atoms with Crippen LogP contribution in [0.15, 0.2) is 0 Å². The molecule has 0 aromatic carbocycles. The van der Waals surface area contributed by atoms with Gasteiger partial charge >= 0.3 is 0 Å². The maximum Gasteiger partial charge on any atom is 0.0698 e. The molecule has 3 atom stereocenters. The van der Waals surface area contributed by atoms with Crippen molar-refractivity contribution in [3.05, 3.63) is 0 Å². The lowest BCUT2D eigenvalue weighted by molar-refractivity contribution is 0.00581. The van der Waals surface area contributed by atoms with Gasteiger partial charge < -0.3 is 10.1 Å².